The molecule has 2 amide bonds. The van der Waals surface area contributed by atoms with E-state index in [1.807, 2.05) is 17.5 Å². The van der Waals surface area contributed by atoms with Crippen molar-refractivity contribution < 1.29 is 33.8 Å². The Kier molecular flexibility index (Phi) is 10.7. The summed E-state index contributed by atoms with van der Waals surface area (Å²) in [6.07, 6.45) is 0.399. The van der Waals surface area contributed by atoms with Crippen molar-refractivity contribution in [3.8, 4) is 5.75 Å². The maximum Gasteiger partial charge on any atom is 0.237 e. The molecular weight excluding hydrogens is 537 g/mol. The molecule has 2 aromatic carbocycles. The van der Waals surface area contributed by atoms with Gasteiger partial charge in [-0.25, -0.2) is 4.39 Å². The van der Waals surface area contributed by atoms with Crippen LogP contribution in [0.2, 0.25) is 0 Å². The number of ketones is 1. The van der Waals surface area contributed by atoms with Crippen LogP contribution in [0.25, 0.3) is 0 Å². The molecule has 0 saturated carbocycles. The van der Waals surface area contributed by atoms with Crippen LogP contribution in [-0.4, -0.2) is 70.3 Å². The number of aliphatic hydroxyl groups excluding tert-OH is 1. The van der Waals surface area contributed by atoms with E-state index < -0.39 is 47.6 Å². The minimum Gasteiger partial charge on any atom is -0.508 e. The van der Waals surface area contributed by atoms with Gasteiger partial charge in [0, 0.05) is 31.2 Å². The molecule has 212 valence electrons. The zero-order chi connectivity index (χ0) is 29.3. The summed E-state index contributed by atoms with van der Waals surface area (Å²) >= 11 is 1.42. The van der Waals surface area contributed by atoms with Gasteiger partial charge in [0.25, 0.3) is 0 Å². The van der Waals surface area contributed by atoms with Crippen molar-refractivity contribution in [1.82, 2.24) is 10.2 Å². The minimum absolute atomic E-state index is 0.0317. The minimum atomic E-state index is -2.10. The molecule has 0 aliphatic rings. The molecule has 40 heavy (non-hydrogen) atoms. The van der Waals surface area contributed by atoms with Crippen molar-refractivity contribution >= 4 is 35.2 Å². The van der Waals surface area contributed by atoms with Gasteiger partial charge in [0.15, 0.2) is 17.6 Å². The van der Waals surface area contributed by atoms with Gasteiger partial charge in [0.05, 0.1) is 12.6 Å². The number of carbonyl (C=O) groups excluding carboxylic acids is 4. The number of nitrogens with zero attached hydrogens (tertiary/aromatic N) is 1. The summed E-state index contributed by atoms with van der Waals surface area (Å²) < 4.78 is 13.3. The number of hydrogen-bond acceptors (Lipinski definition) is 8. The Balaban J connectivity index is 1.86. The maximum atomic E-state index is 13.9. The zero-order valence-corrected chi connectivity index (χ0v) is 22.8. The van der Waals surface area contributed by atoms with E-state index in [1.165, 1.54) is 66.9 Å². The van der Waals surface area contributed by atoms with Crippen LogP contribution in [-0.2, 0) is 38.4 Å². The van der Waals surface area contributed by atoms with Gasteiger partial charge >= 0.3 is 0 Å². The third-order valence-electron chi connectivity index (χ3n) is 6.70. The molecule has 11 heteroatoms. The highest BCUT2D eigenvalue weighted by Crippen LogP contribution is 2.24. The van der Waals surface area contributed by atoms with Gasteiger partial charge in [-0.15, -0.1) is 11.3 Å². The van der Waals surface area contributed by atoms with Crippen molar-refractivity contribution in [2.75, 3.05) is 13.7 Å². The molecule has 0 spiro atoms. The molecule has 0 aliphatic carbocycles. The van der Waals surface area contributed by atoms with Gasteiger partial charge in [-0.1, -0.05) is 30.3 Å². The van der Waals surface area contributed by atoms with E-state index in [-0.39, 0.29) is 31.4 Å². The van der Waals surface area contributed by atoms with E-state index in [4.69, 9.17) is 5.73 Å². The predicted octanol–water partition coefficient (Wildman–Crippen LogP) is 1.78. The lowest BCUT2D eigenvalue weighted by atomic mass is 9.82. The fraction of sp³-hybridized carbons (Fsp3) is 0.310. The lowest BCUT2D eigenvalue weighted by Gasteiger charge is -2.38. The number of phenols is 1. The van der Waals surface area contributed by atoms with Crippen molar-refractivity contribution in [2.24, 2.45) is 5.73 Å². The Labute approximate surface area is 235 Å². The second-order valence-corrected chi connectivity index (χ2v) is 10.5. The molecule has 0 radical (unpaired) electrons. The first-order valence-corrected chi connectivity index (χ1v) is 13.5. The number of likely N-dealkylation sites (N-methyl/N-ethyl adjacent to an activating group) is 1. The number of aldehydes is 1. The normalized spacial score (nSPS) is 14.0. The number of phenolic OH excluding ortho intramolecular Hbond substituents is 1. The SMILES string of the molecule is CN(C(=O)CCc1ccc(F)cc1)[C@](C=O)(Cc1ccc(O)cc1)C(=O)[C@H](CO)NC(=O)[C@@H](N)Cc1cccs1. The number of aromatic hydroxyl groups is 1. The fourth-order valence-corrected chi connectivity index (χ4v) is 5.04. The van der Waals surface area contributed by atoms with Crippen molar-refractivity contribution in [3.63, 3.8) is 0 Å². The average molecular weight is 570 g/mol. The summed E-state index contributed by atoms with van der Waals surface area (Å²) in [4.78, 5) is 54.6. The largest absolute Gasteiger partial charge is 0.508 e. The average Bonchev–Trinajstić information content (AvgIpc) is 3.47. The Morgan fingerprint density at radius 3 is 2.33 bits per heavy atom. The highest BCUT2D eigenvalue weighted by molar-refractivity contribution is 7.09. The Bertz CT molecular complexity index is 1300. The molecule has 0 aliphatic heterocycles. The first-order valence-electron chi connectivity index (χ1n) is 12.6. The monoisotopic (exact) mass is 569 g/mol. The van der Waals surface area contributed by atoms with E-state index in [9.17, 15) is 33.8 Å². The molecule has 5 N–H and O–H groups in total. The van der Waals surface area contributed by atoms with E-state index in [0.717, 1.165) is 9.78 Å². The van der Waals surface area contributed by atoms with Gasteiger partial charge in [-0.05, 0) is 53.3 Å². The Morgan fingerprint density at radius 2 is 1.75 bits per heavy atom. The molecule has 3 atom stereocenters. The van der Waals surface area contributed by atoms with Crippen LogP contribution in [0.15, 0.2) is 66.0 Å². The fourth-order valence-electron chi connectivity index (χ4n) is 4.28. The highest BCUT2D eigenvalue weighted by atomic mass is 32.1. The Morgan fingerprint density at radius 1 is 1.10 bits per heavy atom. The summed E-state index contributed by atoms with van der Waals surface area (Å²) in [5, 5.41) is 24.0. The van der Waals surface area contributed by atoms with Crippen LogP contribution >= 0.6 is 11.3 Å². The molecule has 0 unspecified atom stereocenters. The quantitative estimate of drug-likeness (QED) is 0.171. The number of nitrogens with one attached hydrogen (secondary N) is 1. The second kappa shape index (κ2) is 13.9. The highest BCUT2D eigenvalue weighted by Gasteiger charge is 2.48. The standard InChI is InChI=1S/C29H32FN3O6S/c1-33(26(37)13-8-19-4-9-21(30)10-5-19)29(18-35,16-20-6-11-22(36)12-7-20)27(38)25(17-34)32-28(39)24(31)15-23-3-2-14-40-23/h2-7,9-12,14,18,24-25,34,36H,8,13,15-17,31H2,1H3,(H,32,39)/t24-,25-,29-/m0/s1. The molecule has 3 aromatic rings. The lowest BCUT2D eigenvalue weighted by Crippen LogP contribution is -2.65. The van der Waals surface area contributed by atoms with E-state index in [0.29, 0.717) is 17.4 Å². The van der Waals surface area contributed by atoms with Crippen molar-refractivity contribution in [3.05, 3.63) is 87.9 Å². The topological polar surface area (TPSA) is 150 Å². The predicted molar refractivity (Wildman–Crippen MR) is 148 cm³/mol. The molecule has 3 rings (SSSR count). The van der Waals surface area contributed by atoms with Gasteiger partial charge < -0.3 is 31.0 Å². The summed E-state index contributed by atoms with van der Waals surface area (Å²) in [5.74, 6) is -2.60. The number of hydrogen-bond donors (Lipinski definition) is 4. The molecule has 9 nitrogen and oxygen atoms in total. The summed E-state index contributed by atoms with van der Waals surface area (Å²) in [6, 6.07) is 12.4. The van der Waals surface area contributed by atoms with Crippen LogP contribution in [0, 0.1) is 5.82 Å². The molecule has 1 heterocycles. The Hall–Kier alpha value is -3.93. The van der Waals surface area contributed by atoms with Crippen LogP contribution in [0.3, 0.4) is 0 Å². The van der Waals surface area contributed by atoms with Gasteiger partial charge in [0.1, 0.15) is 17.6 Å². The number of Topliss-reactive ketones (excluding diaryl/α,β-unsaturated/α-hetero) is 1. The van der Waals surface area contributed by atoms with Crippen molar-refractivity contribution in [1.29, 1.82) is 0 Å². The summed E-state index contributed by atoms with van der Waals surface area (Å²) in [6.45, 7) is -0.834. The summed E-state index contributed by atoms with van der Waals surface area (Å²) in [7, 11) is 1.30. The van der Waals surface area contributed by atoms with Crippen molar-refractivity contribution in [2.45, 2.75) is 43.3 Å². The molecule has 0 saturated heterocycles. The van der Waals surface area contributed by atoms with Crippen LogP contribution < -0.4 is 11.1 Å². The summed E-state index contributed by atoms with van der Waals surface area (Å²) in [5.41, 5.74) is 5.06. The smallest absolute Gasteiger partial charge is 0.237 e. The lowest BCUT2D eigenvalue weighted by molar-refractivity contribution is -0.150. The maximum absolute atomic E-state index is 13.9. The number of aryl methyl sites for hydroxylation is 1. The third-order valence-corrected chi connectivity index (χ3v) is 7.60. The number of aliphatic hydroxyl groups is 1. The van der Waals surface area contributed by atoms with E-state index >= 15 is 0 Å². The number of carbonyl (C=O) groups is 4. The van der Waals surface area contributed by atoms with Crippen LogP contribution in [0.4, 0.5) is 4.39 Å². The molecule has 1 aromatic heterocycles. The first-order chi connectivity index (χ1) is 19.1. The van der Waals surface area contributed by atoms with Gasteiger partial charge in [-0.3, -0.25) is 14.4 Å². The van der Waals surface area contributed by atoms with Gasteiger partial charge in [0.2, 0.25) is 11.8 Å². The van der Waals surface area contributed by atoms with Crippen LogP contribution in [0.1, 0.15) is 22.4 Å². The molecular formula is C29H32FN3O6S. The third kappa shape index (κ3) is 7.59. The zero-order valence-electron chi connectivity index (χ0n) is 22.0. The number of nitrogens with two attached hydrogens (primary N) is 1. The molecule has 0 fully saturated rings. The number of benzene rings is 2. The first kappa shape index (κ1) is 30.6. The number of amides is 2. The number of halogens is 1. The van der Waals surface area contributed by atoms with E-state index in [1.54, 1.807) is 0 Å². The van der Waals surface area contributed by atoms with Gasteiger partial charge in [-0.2, -0.15) is 0 Å². The molecule has 0 bridgehead atoms. The number of thiophene rings is 1. The second-order valence-electron chi connectivity index (χ2n) is 9.46. The van der Waals surface area contributed by atoms with Crippen LogP contribution in [0.5, 0.6) is 5.75 Å². The van der Waals surface area contributed by atoms with E-state index in [2.05, 4.69) is 5.32 Å². The number of rotatable bonds is 14.